The number of oxazole rings is 1. The Morgan fingerprint density at radius 2 is 2.29 bits per heavy atom. The summed E-state index contributed by atoms with van der Waals surface area (Å²) in [5.41, 5.74) is 8.11. The maximum absolute atomic E-state index is 5.72. The molecule has 0 atom stereocenters. The van der Waals surface area contributed by atoms with Gasteiger partial charge in [0.25, 0.3) is 0 Å². The van der Waals surface area contributed by atoms with Crippen molar-refractivity contribution in [3.8, 4) is 0 Å². The summed E-state index contributed by atoms with van der Waals surface area (Å²) in [7, 11) is 2.13. The molecule has 0 radical (unpaired) electrons. The predicted octanol–water partition coefficient (Wildman–Crippen LogP) is 2.39. The molecule has 0 amide bonds. The molecule has 17 heavy (non-hydrogen) atoms. The van der Waals surface area contributed by atoms with Crippen molar-refractivity contribution in [3.63, 3.8) is 0 Å². The van der Waals surface area contributed by atoms with E-state index in [1.165, 1.54) is 19.3 Å². The molecule has 3 rings (SSSR count). The lowest BCUT2D eigenvalue weighted by Gasteiger charge is -2.33. The standard InChI is InChI=1S/C13H17N3O/c1-16(10-3-2-4-10)8-13-15-11-7-9(14)5-6-12(11)17-13/h5-7,10H,2-4,8,14H2,1H3. The molecule has 0 spiro atoms. The predicted molar refractivity (Wildman–Crippen MR) is 67.5 cm³/mol. The van der Waals surface area contributed by atoms with E-state index in [9.17, 15) is 0 Å². The van der Waals surface area contributed by atoms with Gasteiger partial charge in [-0.05, 0) is 38.1 Å². The molecule has 4 heteroatoms. The number of nitrogens with zero attached hydrogens (tertiary/aromatic N) is 2. The van der Waals surface area contributed by atoms with Crippen LogP contribution in [0.5, 0.6) is 0 Å². The fraction of sp³-hybridized carbons (Fsp3) is 0.462. The molecule has 0 saturated heterocycles. The summed E-state index contributed by atoms with van der Waals surface area (Å²) in [5, 5.41) is 0. The van der Waals surface area contributed by atoms with E-state index in [2.05, 4.69) is 16.9 Å². The summed E-state index contributed by atoms with van der Waals surface area (Å²) < 4.78 is 5.70. The van der Waals surface area contributed by atoms with Gasteiger partial charge in [0.15, 0.2) is 5.58 Å². The van der Waals surface area contributed by atoms with Crippen LogP contribution in [-0.2, 0) is 6.54 Å². The van der Waals surface area contributed by atoms with Crippen LogP contribution >= 0.6 is 0 Å². The smallest absolute Gasteiger partial charge is 0.209 e. The average molecular weight is 231 g/mol. The Labute approximate surface area is 100 Å². The van der Waals surface area contributed by atoms with Gasteiger partial charge in [-0.25, -0.2) is 4.98 Å². The highest BCUT2D eigenvalue weighted by molar-refractivity contribution is 5.76. The third kappa shape index (κ3) is 2.00. The molecule has 1 aliphatic rings. The van der Waals surface area contributed by atoms with E-state index in [0.717, 1.165) is 29.2 Å². The molecular weight excluding hydrogens is 214 g/mol. The molecular formula is C13H17N3O. The lowest BCUT2D eigenvalue weighted by Crippen LogP contribution is -2.36. The van der Waals surface area contributed by atoms with Gasteiger partial charge in [-0.15, -0.1) is 0 Å². The van der Waals surface area contributed by atoms with Crippen molar-refractivity contribution < 1.29 is 4.42 Å². The van der Waals surface area contributed by atoms with Crippen LogP contribution in [0.4, 0.5) is 5.69 Å². The van der Waals surface area contributed by atoms with Gasteiger partial charge in [-0.2, -0.15) is 0 Å². The van der Waals surface area contributed by atoms with Gasteiger partial charge in [0.1, 0.15) is 5.52 Å². The molecule has 1 heterocycles. The Morgan fingerprint density at radius 1 is 1.47 bits per heavy atom. The van der Waals surface area contributed by atoms with Gasteiger partial charge >= 0.3 is 0 Å². The second-order valence-electron chi connectivity index (χ2n) is 4.83. The molecule has 4 nitrogen and oxygen atoms in total. The Bertz CT molecular complexity index is 530. The first-order valence-corrected chi connectivity index (χ1v) is 6.07. The zero-order chi connectivity index (χ0) is 11.8. The fourth-order valence-electron chi connectivity index (χ4n) is 2.23. The third-order valence-corrected chi connectivity index (χ3v) is 3.54. The summed E-state index contributed by atoms with van der Waals surface area (Å²) in [6.07, 6.45) is 3.94. The van der Waals surface area contributed by atoms with Gasteiger partial charge in [-0.1, -0.05) is 6.42 Å². The summed E-state index contributed by atoms with van der Waals surface area (Å²) in [4.78, 5) is 6.78. The van der Waals surface area contributed by atoms with E-state index in [1.807, 2.05) is 18.2 Å². The topological polar surface area (TPSA) is 55.3 Å². The minimum Gasteiger partial charge on any atom is -0.439 e. The molecule has 1 fully saturated rings. The molecule has 1 aromatic carbocycles. The Hall–Kier alpha value is -1.55. The van der Waals surface area contributed by atoms with Crippen LogP contribution in [0.25, 0.3) is 11.1 Å². The molecule has 1 aliphatic carbocycles. The number of rotatable bonds is 3. The summed E-state index contributed by atoms with van der Waals surface area (Å²) in [6, 6.07) is 6.28. The fourth-order valence-corrected chi connectivity index (χ4v) is 2.23. The first-order chi connectivity index (χ1) is 8.22. The first-order valence-electron chi connectivity index (χ1n) is 6.07. The quantitative estimate of drug-likeness (QED) is 0.824. The summed E-state index contributed by atoms with van der Waals surface area (Å²) in [6.45, 7) is 0.777. The minimum atomic E-state index is 0.704. The number of nitrogens with two attached hydrogens (primary N) is 1. The van der Waals surface area contributed by atoms with Gasteiger partial charge in [0.05, 0.1) is 6.54 Å². The van der Waals surface area contributed by atoms with Crippen molar-refractivity contribution in [2.24, 2.45) is 0 Å². The molecule has 90 valence electrons. The van der Waals surface area contributed by atoms with E-state index < -0.39 is 0 Å². The molecule has 0 unspecified atom stereocenters. The van der Waals surface area contributed by atoms with Crippen LogP contribution in [0, 0.1) is 0 Å². The van der Waals surface area contributed by atoms with Gasteiger partial charge < -0.3 is 10.2 Å². The third-order valence-electron chi connectivity index (χ3n) is 3.54. The SMILES string of the molecule is CN(Cc1nc2cc(N)ccc2o1)C1CCC1. The van der Waals surface area contributed by atoms with Gasteiger partial charge in [0, 0.05) is 11.7 Å². The number of nitrogen functional groups attached to an aromatic ring is 1. The largest absolute Gasteiger partial charge is 0.439 e. The summed E-state index contributed by atoms with van der Waals surface area (Å²) in [5.74, 6) is 0.778. The van der Waals surface area contributed by atoms with Gasteiger partial charge in [0.2, 0.25) is 5.89 Å². The van der Waals surface area contributed by atoms with E-state index in [1.54, 1.807) is 0 Å². The Kier molecular flexibility index (Phi) is 2.52. The normalized spacial score (nSPS) is 16.6. The Morgan fingerprint density at radius 3 is 3.00 bits per heavy atom. The zero-order valence-electron chi connectivity index (χ0n) is 10.0. The second kappa shape index (κ2) is 4.04. The molecule has 1 saturated carbocycles. The van der Waals surface area contributed by atoms with Crippen LogP contribution in [0.3, 0.4) is 0 Å². The number of fused-ring (bicyclic) bond motifs is 1. The molecule has 2 N–H and O–H groups in total. The van der Waals surface area contributed by atoms with E-state index >= 15 is 0 Å². The van der Waals surface area contributed by atoms with Crippen molar-refractivity contribution in [2.45, 2.75) is 31.8 Å². The average Bonchev–Trinajstić information content (AvgIpc) is 2.55. The number of hydrogen-bond donors (Lipinski definition) is 1. The highest BCUT2D eigenvalue weighted by atomic mass is 16.3. The van der Waals surface area contributed by atoms with Crippen molar-refractivity contribution in [1.82, 2.24) is 9.88 Å². The lowest BCUT2D eigenvalue weighted by molar-refractivity contribution is 0.141. The highest BCUT2D eigenvalue weighted by Gasteiger charge is 2.23. The van der Waals surface area contributed by atoms with E-state index in [-0.39, 0.29) is 0 Å². The lowest BCUT2D eigenvalue weighted by atomic mass is 9.92. The molecule has 0 bridgehead atoms. The summed E-state index contributed by atoms with van der Waals surface area (Å²) >= 11 is 0. The van der Waals surface area contributed by atoms with Crippen molar-refractivity contribution in [2.75, 3.05) is 12.8 Å². The van der Waals surface area contributed by atoms with Crippen LogP contribution in [0.1, 0.15) is 25.2 Å². The molecule has 0 aliphatic heterocycles. The Balaban J connectivity index is 1.80. The van der Waals surface area contributed by atoms with Crippen molar-refractivity contribution >= 4 is 16.8 Å². The van der Waals surface area contributed by atoms with Crippen LogP contribution in [-0.4, -0.2) is 23.0 Å². The van der Waals surface area contributed by atoms with Crippen LogP contribution < -0.4 is 5.73 Å². The first kappa shape index (κ1) is 10.6. The number of aromatic nitrogens is 1. The number of hydrogen-bond acceptors (Lipinski definition) is 4. The van der Waals surface area contributed by atoms with Crippen LogP contribution in [0.15, 0.2) is 22.6 Å². The van der Waals surface area contributed by atoms with Crippen LogP contribution in [0.2, 0.25) is 0 Å². The van der Waals surface area contributed by atoms with Crippen molar-refractivity contribution in [3.05, 3.63) is 24.1 Å². The number of anilines is 1. The maximum Gasteiger partial charge on any atom is 0.209 e. The van der Waals surface area contributed by atoms with E-state index in [0.29, 0.717) is 6.04 Å². The molecule has 1 aromatic heterocycles. The highest BCUT2D eigenvalue weighted by Crippen LogP contribution is 2.25. The monoisotopic (exact) mass is 231 g/mol. The maximum atomic E-state index is 5.72. The molecule has 2 aromatic rings. The minimum absolute atomic E-state index is 0.704. The van der Waals surface area contributed by atoms with Gasteiger partial charge in [-0.3, -0.25) is 4.90 Å². The second-order valence-corrected chi connectivity index (χ2v) is 4.83. The van der Waals surface area contributed by atoms with E-state index in [4.69, 9.17) is 10.2 Å². The zero-order valence-corrected chi connectivity index (χ0v) is 10.0. The number of benzene rings is 1. The van der Waals surface area contributed by atoms with Crippen molar-refractivity contribution in [1.29, 1.82) is 0 Å².